The van der Waals surface area contributed by atoms with Gasteiger partial charge in [0.15, 0.2) is 11.6 Å². The molecule has 0 radical (unpaired) electrons. The fourth-order valence-electron chi connectivity index (χ4n) is 1.95. The number of halogens is 1. The second-order valence-corrected chi connectivity index (χ2v) is 4.92. The van der Waals surface area contributed by atoms with Crippen LogP contribution in [0.25, 0.3) is 0 Å². The van der Waals surface area contributed by atoms with Gasteiger partial charge in [-0.15, -0.1) is 11.3 Å². The molecule has 2 rings (SSSR count). The van der Waals surface area contributed by atoms with Crippen LogP contribution in [-0.4, -0.2) is 21.3 Å². The molecule has 0 saturated heterocycles. The van der Waals surface area contributed by atoms with E-state index in [0.717, 1.165) is 10.6 Å². The molecule has 0 bridgehead atoms. The molecule has 0 saturated carbocycles. The number of hydrogen-bond acceptors (Lipinski definition) is 4. The molecule has 1 aromatic heterocycles. The molecule has 1 atom stereocenters. The first kappa shape index (κ1) is 13.8. The summed E-state index contributed by atoms with van der Waals surface area (Å²) in [6, 6.07) is 6.84. The fourth-order valence-corrected chi connectivity index (χ4v) is 2.93. The Hall–Kier alpha value is -1.59. The summed E-state index contributed by atoms with van der Waals surface area (Å²) in [6.45, 7) is 0. The van der Waals surface area contributed by atoms with Crippen LogP contribution in [0, 0.1) is 5.82 Å². The summed E-state index contributed by atoms with van der Waals surface area (Å²) in [5, 5.41) is 5.02. The zero-order valence-corrected chi connectivity index (χ0v) is 11.9. The van der Waals surface area contributed by atoms with Crippen molar-refractivity contribution in [2.75, 3.05) is 21.3 Å². The topological polar surface area (TPSA) is 30.5 Å². The van der Waals surface area contributed by atoms with Gasteiger partial charge in [0.1, 0.15) is 5.75 Å². The third kappa shape index (κ3) is 2.72. The van der Waals surface area contributed by atoms with E-state index in [1.165, 1.54) is 18.4 Å². The van der Waals surface area contributed by atoms with Crippen LogP contribution in [0.5, 0.6) is 11.5 Å². The maximum Gasteiger partial charge on any atom is 0.170 e. The highest BCUT2D eigenvalue weighted by molar-refractivity contribution is 7.10. The van der Waals surface area contributed by atoms with Crippen molar-refractivity contribution in [3.63, 3.8) is 0 Å². The molecule has 0 aliphatic carbocycles. The van der Waals surface area contributed by atoms with Gasteiger partial charge in [-0.1, -0.05) is 12.1 Å². The summed E-state index contributed by atoms with van der Waals surface area (Å²) in [5.41, 5.74) is 0.561. The highest BCUT2D eigenvalue weighted by Gasteiger charge is 2.20. The lowest BCUT2D eigenvalue weighted by molar-refractivity contribution is 0.382. The van der Waals surface area contributed by atoms with E-state index in [0.29, 0.717) is 5.56 Å². The van der Waals surface area contributed by atoms with Crippen LogP contribution < -0.4 is 14.8 Å². The van der Waals surface area contributed by atoms with Gasteiger partial charge in [0.25, 0.3) is 0 Å². The molecule has 1 heterocycles. The Kier molecular flexibility index (Phi) is 4.39. The van der Waals surface area contributed by atoms with Crippen LogP contribution in [-0.2, 0) is 0 Å². The largest absolute Gasteiger partial charge is 0.496 e. The summed E-state index contributed by atoms with van der Waals surface area (Å²) in [7, 11) is 4.88. The zero-order chi connectivity index (χ0) is 13.8. The van der Waals surface area contributed by atoms with Gasteiger partial charge in [-0.3, -0.25) is 0 Å². The molecule has 102 valence electrons. The normalized spacial score (nSPS) is 12.2. The van der Waals surface area contributed by atoms with Crippen LogP contribution in [0.3, 0.4) is 0 Å². The number of hydrogen-bond donors (Lipinski definition) is 1. The number of nitrogens with one attached hydrogen (secondary N) is 1. The van der Waals surface area contributed by atoms with Gasteiger partial charge in [0.2, 0.25) is 0 Å². The fraction of sp³-hybridized carbons (Fsp3) is 0.286. The Labute approximate surface area is 116 Å². The minimum atomic E-state index is -0.336. The first-order chi connectivity index (χ1) is 9.21. The van der Waals surface area contributed by atoms with Crippen LogP contribution >= 0.6 is 11.3 Å². The first-order valence-electron chi connectivity index (χ1n) is 5.83. The Bertz CT molecular complexity index is 556. The maximum atomic E-state index is 14.3. The predicted octanol–water partition coefficient (Wildman–Crippen LogP) is 3.21. The van der Waals surface area contributed by atoms with Crippen molar-refractivity contribution >= 4 is 11.3 Å². The van der Waals surface area contributed by atoms with Crippen LogP contribution in [0.2, 0.25) is 0 Å². The van der Waals surface area contributed by atoms with Gasteiger partial charge in [-0.2, -0.15) is 0 Å². The third-order valence-corrected chi connectivity index (χ3v) is 3.90. The van der Waals surface area contributed by atoms with Gasteiger partial charge in [-0.05, 0) is 19.2 Å². The maximum absolute atomic E-state index is 14.3. The minimum Gasteiger partial charge on any atom is -0.496 e. The molecule has 1 unspecified atom stereocenters. The van der Waals surface area contributed by atoms with Gasteiger partial charge >= 0.3 is 0 Å². The third-order valence-electron chi connectivity index (χ3n) is 2.93. The summed E-state index contributed by atoms with van der Waals surface area (Å²) in [6.07, 6.45) is 0. The molecular formula is C14H16FNO2S. The Morgan fingerprint density at radius 2 is 2.05 bits per heavy atom. The molecule has 5 heteroatoms. The number of methoxy groups -OCH3 is 2. The van der Waals surface area contributed by atoms with Crippen LogP contribution in [0.4, 0.5) is 4.39 Å². The van der Waals surface area contributed by atoms with Crippen molar-refractivity contribution in [1.82, 2.24) is 5.32 Å². The summed E-state index contributed by atoms with van der Waals surface area (Å²) in [5.74, 6) is 0.696. The Balaban J connectivity index is 2.42. The predicted molar refractivity (Wildman–Crippen MR) is 74.7 cm³/mol. The van der Waals surface area contributed by atoms with E-state index in [1.54, 1.807) is 32.4 Å². The summed E-state index contributed by atoms with van der Waals surface area (Å²) >= 11 is 1.53. The van der Waals surface area contributed by atoms with Crippen molar-refractivity contribution in [3.8, 4) is 11.5 Å². The van der Waals surface area contributed by atoms with Gasteiger partial charge < -0.3 is 14.8 Å². The van der Waals surface area contributed by atoms with Crippen molar-refractivity contribution < 1.29 is 13.9 Å². The lowest BCUT2D eigenvalue weighted by atomic mass is 10.0. The lowest BCUT2D eigenvalue weighted by Crippen LogP contribution is -2.18. The van der Waals surface area contributed by atoms with Crippen LogP contribution in [0.1, 0.15) is 16.5 Å². The summed E-state index contributed by atoms with van der Waals surface area (Å²) in [4.78, 5) is 0.992. The molecule has 2 aromatic rings. The highest BCUT2D eigenvalue weighted by Crippen LogP contribution is 2.34. The standard InChI is InChI=1S/C14H16FNO2S/c1-16-14(12-7-9(17-2)8-19-12)10-5-4-6-11(18-3)13(10)15/h4-8,14,16H,1-3H3. The molecule has 0 fully saturated rings. The van der Waals surface area contributed by atoms with E-state index in [-0.39, 0.29) is 17.6 Å². The van der Waals surface area contributed by atoms with Crippen molar-refractivity contribution in [2.24, 2.45) is 0 Å². The SMILES string of the molecule is CNC(c1cc(OC)cs1)c1cccc(OC)c1F. The summed E-state index contributed by atoms with van der Waals surface area (Å²) < 4.78 is 24.5. The zero-order valence-electron chi connectivity index (χ0n) is 11.1. The van der Waals surface area contributed by atoms with E-state index in [4.69, 9.17) is 9.47 Å². The van der Waals surface area contributed by atoms with Gasteiger partial charge in [0.05, 0.1) is 20.3 Å². The Morgan fingerprint density at radius 1 is 1.26 bits per heavy atom. The average molecular weight is 281 g/mol. The van der Waals surface area contributed by atoms with E-state index in [9.17, 15) is 4.39 Å². The van der Waals surface area contributed by atoms with Gasteiger partial charge in [-0.25, -0.2) is 4.39 Å². The van der Waals surface area contributed by atoms with E-state index >= 15 is 0 Å². The van der Waals surface area contributed by atoms with E-state index in [1.807, 2.05) is 11.4 Å². The van der Waals surface area contributed by atoms with Crippen molar-refractivity contribution in [2.45, 2.75) is 6.04 Å². The average Bonchev–Trinajstić information content (AvgIpc) is 2.90. The van der Waals surface area contributed by atoms with Crippen molar-refractivity contribution in [3.05, 3.63) is 45.9 Å². The number of thiophene rings is 1. The molecule has 0 aliphatic rings. The second kappa shape index (κ2) is 6.04. The smallest absolute Gasteiger partial charge is 0.170 e. The quantitative estimate of drug-likeness (QED) is 0.913. The lowest BCUT2D eigenvalue weighted by Gasteiger charge is -2.17. The minimum absolute atomic E-state index is 0.219. The molecule has 3 nitrogen and oxygen atoms in total. The monoisotopic (exact) mass is 281 g/mol. The molecule has 0 amide bonds. The molecule has 1 N–H and O–H groups in total. The first-order valence-corrected chi connectivity index (χ1v) is 6.71. The second-order valence-electron chi connectivity index (χ2n) is 3.97. The number of rotatable bonds is 5. The number of ether oxygens (including phenoxy) is 2. The van der Waals surface area contributed by atoms with E-state index < -0.39 is 0 Å². The van der Waals surface area contributed by atoms with E-state index in [2.05, 4.69) is 5.32 Å². The Morgan fingerprint density at radius 3 is 2.63 bits per heavy atom. The molecule has 1 aromatic carbocycles. The number of benzene rings is 1. The highest BCUT2D eigenvalue weighted by atomic mass is 32.1. The molecule has 0 spiro atoms. The van der Waals surface area contributed by atoms with Gasteiger partial charge in [0, 0.05) is 15.8 Å². The van der Waals surface area contributed by atoms with Crippen molar-refractivity contribution in [1.29, 1.82) is 0 Å². The molecule has 0 aliphatic heterocycles. The van der Waals surface area contributed by atoms with Crippen LogP contribution in [0.15, 0.2) is 29.6 Å². The molecule has 19 heavy (non-hydrogen) atoms. The molecular weight excluding hydrogens is 265 g/mol.